The van der Waals surface area contributed by atoms with Crippen LogP contribution in [0.15, 0.2) is 36.5 Å². The van der Waals surface area contributed by atoms with E-state index in [0.29, 0.717) is 18.7 Å². The van der Waals surface area contributed by atoms with Crippen LogP contribution in [-0.2, 0) is 6.54 Å². The lowest BCUT2D eigenvalue weighted by Crippen LogP contribution is -2.22. The maximum atomic E-state index is 13.5. The second-order valence-corrected chi connectivity index (χ2v) is 4.83. The van der Waals surface area contributed by atoms with Crippen LogP contribution in [-0.4, -0.2) is 17.4 Å². The van der Waals surface area contributed by atoms with Crippen LogP contribution < -0.4 is 10.6 Å². The Kier molecular flexibility index (Phi) is 5.11. The van der Waals surface area contributed by atoms with Crippen molar-refractivity contribution >= 4 is 23.3 Å². The van der Waals surface area contributed by atoms with Crippen molar-refractivity contribution in [2.75, 3.05) is 11.9 Å². The standard InChI is InChI=1S/C15H15ClFN3O/c1-2-18-15(21)11-5-3-10(4-6-11)8-19-14-13(17)7-12(16)9-20-14/h3-7,9H,2,8H2,1H3,(H,18,21)(H,19,20). The van der Waals surface area contributed by atoms with E-state index in [4.69, 9.17) is 11.6 Å². The highest BCUT2D eigenvalue weighted by molar-refractivity contribution is 6.30. The van der Waals surface area contributed by atoms with Crippen LogP contribution in [0.1, 0.15) is 22.8 Å². The number of nitrogens with one attached hydrogen (secondary N) is 2. The molecule has 0 fully saturated rings. The number of benzene rings is 1. The van der Waals surface area contributed by atoms with Gasteiger partial charge in [0.25, 0.3) is 5.91 Å². The molecule has 1 aromatic heterocycles. The van der Waals surface area contributed by atoms with Crippen LogP contribution in [0.2, 0.25) is 5.02 Å². The van der Waals surface area contributed by atoms with Gasteiger partial charge in [-0.1, -0.05) is 23.7 Å². The molecule has 0 aliphatic carbocycles. The molecule has 1 amide bonds. The highest BCUT2D eigenvalue weighted by atomic mass is 35.5. The summed E-state index contributed by atoms with van der Waals surface area (Å²) in [5, 5.41) is 5.86. The third-order valence-electron chi connectivity index (χ3n) is 2.82. The lowest BCUT2D eigenvalue weighted by atomic mass is 10.1. The average molecular weight is 308 g/mol. The Labute approximate surface area is 127 Å². The molecule has 0 bridgehead atoms. The highest BCUT2D eigenvalue weighted by Crippen LogP contribution is 2.16. The smallest absolute Gasteiger partial charge is 0.251 e. The minimum atomic E-state index is -0.499. The third kappa shape index (κ3) is 4.16. The van der Waals surface area contributed by atoms with Gasteiger partial charge in [-0.2, -0.15) is 0 Å². The number of nitrogens with zero attached hydrogens (tertiary/aromatic N) is 1. The summed E-state index contributed by atoms with van der Waals surface area (Å²) in [6, 6.07) is 8.28. The first-order valence-corrected chi connectivity index (χ1v) is 6.90. The number of anilines is 1. The zero-order chi connectivity index (χ0) is 15.2. The number of carbonyl (C=O) groups is 1. The zero-order valence-corrected chi connectivity index (χ0v) is 12.2. The molecule has 0 aliphatic rings. The molecular formula is C15H15ClFN3O. The number of aromatic nitrogens is 1. The van der Waals surface area contributed by atoms with Crippen molar-refractivity contribution < 1.29 is 9.18 Å². The molecular weight excluding hydrogens is 293 g/mol. The summed E-state index contributed by atoms with van der Waals surface area (Å²) >= 11 is 5.64. The highest BCUT2D eigenvalue weighted by Gasteiger charge is 2.06. The summed E-state index contributed by atoms with van der Waals surface area (Å²) in [5.41, 5.74) is 1.51. The van der Waals surface area contributed by atoms with Gasteiger partial charge in [0, 0.05) is 24.8 Å². The van der Waals surface area contributed by atoms with Gasteiger partial charge >= 0.3 is 0 Å². The largest absolute Gasteiger partial charge is 0.364 e. The van der Waals surface area contributed by atoms with Crippen molar-refractivity contribution in [2.24, 2.45) is 0 Å². The Balaban J connectivity index is 1.99. The molecule has 0 spiro atoms. The van der Waals surface area contributed by atoms with E-state index in [1.165, 1.54) is 12.3 Å². The Bertz CT molecular complexity index is 631. The fraction of sp³-hybridized carbons (Fsp3) is 0.200. The van der Waals surface area contributed by atoms with E-state index in [1.54, 1.807) is 12.1 Å². The van der Waals surface area contributed by atoms with Crippen LogP contribution in [0.25, 0.3) is 0 Å². The maximum absolute atomic E-state index is 13.5. The average Bonchev–Trinajstić information content (AvgIpc) is 2.47. The molecule has 1 heterocycles. The molecule has 2 N–H and O–H groups in total. The molecule has 0 atom stereocenters. The molecule has 1 aromatic carbocycles. The van der Waals surface area contributed by atoms with E-state index in [2.05, 4.69) is 15.6 Å². The van der Waals surface area contributed by atoms with Gasteiger partial charge in [0.05, 0.1) is 5.02 Å². The fourth-order valence-electron chi connectivity index (χ4n) is 1.77. The quantitative estimate of drug-likeness (QED) is 0.891. The molecule has 2 rings (SSSR count). The van der Waals surface area contributed by atoms with Gasteiger partial charge in [-0.25, -0.2) is 9.37 Å². The van der Waals surface area contributed by atoms with Gasteiger partial charge in [0.2, 0.25) is 0 Å². The molecule has 2 aromatic rings. The Morgan fingerprint density at radius 1 is 1.33 bits per heavy atom. The molecule has 6 heteroatoms. The van der Waals surface area contributed by atoms with Gasteiger partial charge in [-0.3, -0.25) is 4.79 Å². The number of halogens is 2. The van der Waals surface area contributed by atoms with Crippen molar-refractivity contribution in [1.29, 1.82) is 0 Å². The minimum Gasteiger partial charge on any atom is -0.364 e. The first kappa shape index (κ1) is 15.3. The minimum absolute atomic E-state index is 0.109. The topological polar surface area (TPSA) is 54.0 Å². The lowest BCUT2D eigenvalue weighted by Gasteiger charge is -2.08. The van der Waals surface area contributed by atoms with Gasteiger partial charge in [-0.05, 0) is 30.7 Å². The molecule has 0 unspecified atom stereocenters. The van der Waals surface area contributed by atoms with Gasteiger partial charge in [0.1, 0.15) is 0 Å². The second kappa shape index (κ2) is 7.04. The SMILES string of the molecule is CCNC(=O)c1ccc(CNc2ncc(Cl)cc2F)cc1. The van der Waals surface area contributed by atoms with E-state index >= 15 is 0 Å². The number of hydrogen-bond donors (Lipinski definition) is 2. The van der Waals surface area contributed by atoms with Crippen LogP contribution in [0.4, 0.5) is 10.2 Å². The van der Waals surface area contributed by atoms with Crippen LogP contribution in [0.3, 0.4) is 0 Å². The van der Waals surface area contributed by atoms with Gasteiger partial charge in [-0.15, -0.1) is 0 Å². The Hall–Kier alpha value is -2.14. The fourth-order valence-corrected chi connectivity index (χ4v) is 1.91. The summed E-state index contributed by atoms with van der Waals surface area (Å²) in [5.74, 6) is -0.462. The number of rotatable bonds is 5. The van der Waals surface area contributed by atoms with Crippen LogP contribution in [0.5, 0.6) is 0 Å². The van der Waals surface area contributed by atoms with Crippen molar-refractivity contribution in [3.05, 3.63) is 58.5 Å². The summed E-state index contributed by atoms with van der Waals surface area (Å²) in [6.07, 6.45) is 1.38. The predicted molar refractivity (Wildman–Crippen MR) is 81.0 cm³/mol. The van der Waals surface area contributed by atoms with Crippen molar-refractivity contribution in [2.45, 2.75) is 13.5 Å². The van der Waals surface area contributed by atoms with Crippen LogP contribution >= 0.6 is 11.6 Å². The monoisotopic (exact) mass is 307 g/mol. The van der Waals surface area contributed by atoms with Gasteiger partial charge in [0.15, 0.2) is 11.6 Å². The molecule has 0 radical (unpaired) electrons. The molecule has 0 saturated carbocycles. The molecule has 0 saturated heterocycles. The maximum Gasteiger partial charge on any atom is 0.251 e. The summed E-state index contributed by atoms with van der Waals surface area (Å²) < 4.78 is 13.5. The lowest BCUT2D eigenvalue weighted by molar-refractivity contribution is 0.0956. The van der Waals surface area contributed by atoms with Crippen molar-refractivity contribution in [1.82, 2.24) is 10.3 Å². The van der Waals surface area contributed by atoms with E-state index in [1.807, 2.05) is 19.1 Å². The molecule has 110 valence electrons. The Morgan fingerprint density at radius 2 is 2.05 bits per heavy atom. The normalized spacial score (nSPS) is 10.2. The van der Waals surface area contributed by atoms with E-state index in [-0.39, 0.29) is 16.7 Å². The number of carbonyl (C=O) groups excluding carboxylic acids is 1. The summed E-state index contributed by atoms with van der Waals surface area (Å²) in [4.78, 5) is 15.5. The van der Waals surface area contributed by atoms with Crippen LogP contribution in [0, 0.1) is 5.82 Å². The van der Waals surface area contributed by atoms with Crippen molar-refractivity contribution in [3.63, 3.8) is 0 Å². The molecule has 21 heavy (non-hydrogen) atoms. The zero-order valence-electron chi connectivity index (χ0n) is 11.5. The number of hydrogen-bond acceptors (Lipinski definition) is 3. The second-order valence-electron chi connectivity index (χ2n) is 4.39. The van der Waals surface area contributed by atoms with Crippen molar-refractivity contribution in [3.8, 4) is 0 Å². The summed E-state index contributed by atoms with van der Waals surface area (Å²) in [7, 11) is 0. The number of pyridine rings is 1. The van der Waals surface area contributed by atoms with Gasteiger partial charge < -0.3 is 10.6 Å². The first-order valence-electron chi connectivity index (χ1n) is 6.52. The van der Waals surface area contributed by atoms with E-state index < -0.39 is 5.82 Å². The Morgan fingerprint density at radius 3 is 2.67 bits per heavy atom. The summed E-state index contributed by atoms with van der Waals surface area (Å²) in [6.45, 7) is 2.86. The number of amides is 1. The first-order chi connectivity index (χ1) is 10.1. The third-order valence-corrected chi connectivity index (χ3v) is 3.03. The predicted octanol–water partition coefficient (Wildman–Crippen LogP) is 3.24. The molecule has 4 nitrogen and oxygen atoms in total. The van der Waals surface area contributed by atoms with E-state index in [9.17, 15) is 9.18 Å². The molecule has 0 aliphatic heterocycles. The van der Waals surface area contributed by atoms with E-state index in [0.717, 1.165) is 5.56 Å².